The molecule has 0 spiro atoms. The summed E-state index contributed by atoms with van der Waals surface area (Å²) in [6.07, 6.45) is 1.48. The van der Waals surface area contributed by atoms with Crippen LogP contribution in [0.2, 0.25) is 5.02 Å². The summed E-state index contributed by atoms with van der Waals surface area (Å²) in [5, 5.41) is 0.497. The van der Waals surface area contributed by atoms with E-state index in [2.05, 4.69) is 0 Å². The molecular formula is C23H26ClN3O4S. The van der Waals surface area contributed by atoms with E-state index in [4.69, 9.17) is 16.6 Å². The first kappa shape index (κ1) is 23.9. The Morgan fingerprint density at radius 1 is 1.22 bits per heavy atom. The number of nitrogens with zero attached hydrogens (tertiary/aromatic N) is 2. The fraction of sp³-hybridized carbons (Fsp3) is 0.348. The number of halogens is 1. The minimum absolute atomic E-state index is 0.0132. The Bertz CT molecular complexity index is 1150. The normalized spacial score (nSPS) is 17.2. The van der Waals surface area contributed by atoms with Crippen LogP contribution in [0.3, 0.4) is 0 Å². The Balaban J connectivity index is 2.10. The summed E-state index contributed by atoms with van der Waals surface area (Å²) in [6.45, 7) is 3.97. The summed E-state index contributed by atoms with van der Waals surface area (Å²) < 4.78 is 24.7. The van der Waals surface area contributed by atoms with Gasteiger partial charge in [0.2, 0.25) is 15.9 Å². The van der Waals surface area contributed by atoms with Gasteiger partial charge < -0.3 is 4.90 Å². The molecule has 2 aromatic carbocycles. The van der Waals surface area contributed by atoms with Gasteiger partial charge in [-0.05, 0) is 24.1 Å². The van der Waals surface area contributed by atoms with Crippen LogP contribution in [-0.4, -0.2) is 44.8 Å². The number of sulfonamides is 1. The van der Waals surface area contributed by atoms with Gasteiger partial charge in [0.05, 0.1) is 17.7 Å². The highest BCUT2D eigenvalue weighted by Crippen LogP contribution is 2.33. The van der Waals surface area contributed by atoms with Crippen LogP contribution in [0.1, 0.15) is 37.8 Å². The molecule has 9 heteroatoms. The SMILES string of the molecule is CCC(C)[C@@H]1N=C(c2ccccc2)c2cc(Cl)ccc2N(CCC(=O)NS(C)(=O)=O)C1=O. The number of fused-ring (bicyclic) bond motifs is 1. The lowest BCUT2D eigenvalue weighted by molar-refractivity contribution is -0.121. The molecule has 3 rings (SSSR count). The van der Waals surface area contributed by atoms with Gasteiger partial charge in [-0.3, -0.25) is 19.3 Å². The molecule has 7 nitrogen and oxygen atoms in total. The molecule has 170 valence electrons. The number of nitrogens with one attached hydrogen (secondary N) is 1. The lowest BCUT2D eigenvalue weighted by Crippen LogP contribution is -2.43. The summed E-state index contributed by atoms with van der Waals surface area (Å²) in [4.78, 5) is 32.1. The average Bonchev–Trinajstić information content (AvgIpc) is 2.85. The summed E-state index contributed by atoms with van der Waals surface area (Å²) in [5.41, 5.74) is 2.78. The Labute approximate surface area is 193 Å². The Morgan fingerprint density at radius 2 is 1.91 bits per heavy atom. The van der Waals surface area contributed by atoms with E-state index < -0.39 is 22.0 Å². The maximum atomic E-state index is 13.6. The Hall–Kier alpha value is -2.71. The maximum Gasteiger partial charge on any atom is 0.252 e. The molecule has 1 aliphatic rings. The molecule has 0 aromatic heterocycles. The summed E-state index contributed by atoms with van der Waals surface area (Å²) in [7, 11) is -3.68. The van der Waals surface area contributed by atoms with Gasteiger partial charge in [0.15, 0.2) is 0 Å². The van der Waals surface area contributed by atoms with E-state index in [0.29, 0.717) is 22.0 Å². The first-order chi connectivity index (χ1) is 15.1. The summed E-state index contributed by atoms with van der Waals surface area (Å²) >= 11 is 6.30. The van der Waals surface area contributed by atoms with Crippen molar-refractivity contribution < 1.29 is 18.0 Å². The van der Waals surface area contributed by atoms with E-state index in [1.807, 2.05) is 48.9 Å². The number of anilines is 1. The lowest BCUT2D eigenvalue weighted by atomic mass is 9.98. The topological polar surface area (TPSA) is 95.9 Å². The number of carbonyl (C=O) groups is 2. The van der Waals surface area contributed by atoms with Crippen LogP contribution in [0.15, 0.2) is 53.5 Å². The Morgan fingerprint density at radius 3 is 2.53 bits per heavy atom. The zero-order valence-corrected chi connectivity index (χ0v) is 19.8. The quantitative estimate of drug-likeness (QED) is 0.663. The number of hydrogen-bond donors (Lipinski definition) is 1. The van der Waals surface area contributed by atoms with E-state index >= 15 is 0 Å². The van der Waals surface area contributed by atoms with Crippen molar-refractivity contribution in [1.82, 2.24) is 4.72 Å². The van der Waals surface area contributed by atoms with Gasteiger partial charge in [-0.15, -0.1) is 0 Å². The van der Waals surface area contributed by atoms with Crippen molar-refractivity contribution in [2.75, 3.05) is 17.7 Å². The van der Waals surface area contributed by atoms with Crippen LogP contribution in [0.25, 0.3) is 0 Å². The second-order valence-electron chi connectivity index (χ2n) is 7.87. The molecule has 0 radical (unpaired) electrons. The molecule has 0 aliphatic carbocycles. The number of carbonyl (C=O) groups excluding carboxylic acids is 2. The molecule has 1 unspecified atom stereocenters. The number of rotatable bonds is 7. The zero-order chi connectivity index (χ0) is 23.5. The fourth-order valence-corrected chi connectivity index (χ4v) is 4.29. The number of amides is 2. The van der Waals surface area contributed by atoms with E-state index in [1.165, 1.54) is 4.90 Å². The standard InChI is InChI=1S/C23H26ClN3O4S/c1-4-15(2)21-23(29)27(13-12-20(28)26-32(3,30)31)19-11-10-17(24)14-18(19)22(25-21)16-8-6-5-7-9-16/h5-11,14-15,21H,4,12-13H2,1-3H3,(H,26,28)/t15?,21-/m0/s1. The summed E-state index contributed by atoms with van der Waals surface area (Å²) in [6, 6.07) is 14.1. The van der Waals surface area contributed by atoms with E-state index in [0.717, 1.165) is 18.2 Å². The second-order valence-corrected chi connectivity index (χ2v) is 10.1. The van der Waals surface area contributed by atoms with Crippen LogP contribution in [0.4, 0.5) is 5.69 Å². The van der Waals surface area contributed by atoms with E-state index in [9.17, 15) is 18.0 Å². The van der Waals surface area contributed by atoms with Crippen LogP contribution in [0, 0.1) is 5.92 Å². The van der Waals surface area contributed by atoms with E-state index in [-0.39, 0.29) is 24.8 Å². The van der Waals surface area contributed by atoms with Gasteiger partial charge in [-0.2, -0.15) is 0 Å². The number of hydrogen-bond acceptors (Lipinski definition) is 5. The highest BCUT2D eigenvalue weighted by molar-refractivity contribution is 7.89. The number of benzodiazepines with no additional fused rings is 1. The van der Waals surface area contributed by atoms with Crippen molar-refractivity contribution in [3.05, 3.63) is 64.7 Å². The third-order valence-corrected chi connectivity index (χ3v) is 6.22. The van der Waals surface area contributed by atoms with Crippen LogP contribution in [-0.2, 0) is 19.6 Å². The van der Waals surface area contributed by atoms with E-state index in [1.54, 1.807) is 18.2 Å². The van der Waals surface area contributed by atoms with Crippen LogP contribution in [0.5, 0.6) is 0 Å². The maximum absolute atomic E-state index is 13.6. The predicted molar refractivity (Wildman–Crippen MR) is 127 cm³/mol. The molecule has 2 aromatic rings. The van der Waals surface area contributed by atoms with Crippen LogP contribution >= 0.6 is 11.6 Å². The largest absolute Gasteiger partial charge is 0.309 e. The highest BCUT2D eigenvalue weighted by atomic mass is 35.5. The lowest BCUT2D eigenvalue weighted by Gasteiger charge is -2.27. The van der Waals surface area contributed by atoms with Crippen molar-refractivity contribution in [2.45, 2.75) is 32.7 Å². The van der Waals surface area contributed by atoms with Crippen LogP contribution < -0.4 is 9.62 Å². The van der Waals surface area contributed by atoms with Gasteiger partial charge in [0.25, 0.3) is 5.91 Å². The number of aliphatic imine (C=N–C) groups is 1. The molecule has 32 heavy (non-hydrogen) atoms. The molecule has 1 heterocycles. The number of benzene rings is 2. The van der Waals surface area contributed by atoms with Gasteiger partial charge in [0, 0.05) is 29.1 Å². The minimum Gasteiger partial charge on any atom is -0.309 e. The van der Waals surface area contributed by atoms with Gasteiger partial charge >= 0.3 is 0 Å². The smallest absolute Gasteiger partial charge is 0.252 e. The third kappa shape index (κ3) is 5.55. The fourth-order valence-electron chi connectivity index (χ4n) is 3.60. The zero-order valence-electron chi connectivity index (χ0n) is 18.2. The first-order valence-corrected chi connectivity index (χ1v) is 12.6. The molecule has 0 bridgehead atoms. The van der Waals surface area contributed by atoms with Gasteiger partial charge in [0.1, 0.15) is 6.04 Å². The Kier molecular flexibility index (Phi) is 7.36. The average molecular weight is 476 g/mol. The highest BCUT2D eigenvalue weighted by Gasteiger charge is 2.35. The second kappa shape index (κ2) is 9.83. The van der Waals surface area contributed by atoms with Gasteiger partial charge in [-0.25, -0.2) is 8.42 Å². The molecule has 0 saturated carbocycles. The summed E-state index contributed by atoms with van der Waals surface area (Å²) in [5.74, 6) is -0.955. The third-order valence-electron chi connectivity index (χ3n) is 5.38. The molecule has 1 N–H and O–H groups in total. The predicted octanol–water partition coefficient (Wildman–Crippen LogP) is 3.40. The monoisotopic (exact) mass is 475 g/mol. The molecule has 1 aliphatic heterocycles. The van der Waals surface area contributed by atoms with Crippen molar-refractivity contribution in [2.24, 2.45) is 10.9 Å². The first-order valence-electron chi connectivity index (χ1n) is 10.4. The van der Waals surface area contributed by atoms with Crippen molar-refractivity contribution in [1.29, 1.82) is 0 Å². The van der Waals surface area contributed by atoms with Crippen molar-refractivity contribution >= 4 is 44.8 Å². The van der Waals surface area contributed by atoms with Crippen molar-refractivity contribution in [3.8, 4) is 0 Å². The molecule has 0 fully saturated rings. The molecule has 2 atom stereocenters. The molecule has 0 saturated heterocycles. The van der Waals surface area contributed by atoms with Gasteiger partial charge in [-0.1, -0.05) is 62.2 Å². The molecular weight excluding hydrogens is 450 g/mol. The minimum atomic E-state index is -3.68. The van der Waals surface area contributed by atoms with Crippen molar-refractivity contribution in [3.63, 3.8) is 0 Å². The molecule has 2 amide bonds.